The molecule has 1 aromatic carbocycles. The van der Waals surface area contributed by atoms with Gasteiger partial charge in [0.2, 0.25) is 0 Å². The molecule has 0 amide bonds. The van der Waals surface area contributed by atoms with Crippen molar-refractivity contribution in [3.8, 4) is 0 Å². The molecule has 1 atom stereocenters. The van der Waals surface area contributed by atoms with Gasteiger partial charge >= 0.3 is 0 Å². The van der Waals surface area contributed by atoms with Gasteiger partial charge in [0.1, 0.15) is 0 Å². The van der Waals surface area contributed by atoms with Gasteiger partial charge in [0.25, 0.3) is 0 Å². The minimum Gasteiger partial charge on any atom is -0.386 e. The average molecular weight is 256 g/mol. The van der Waals surface area contributed by atoms with Gasteiger partial charge in [-0.1, -0.05) is 48.1 Å². The Morgan fingerprint density at radius 1 is 1.26 bits per heavy atom. The standard InChI is InChI=1S/C18H24O/c1-14(7-6-12-18(2,3)19)16-11-10-15-8-4-5-9-17(15)13-16/h4-9,12,16,19H,10-11,13H2,1-3H3/b12-6+,14-7+. The third-order valence-corrected chi connectivity index (χ3v) is 3.85. The molecule has 0 aliphatic heterocycles. The Balaban J connectivity index is 2.05. The van der Waals surface area contributed by atoms with E-state index in [1.807, 2.05) is 12.2 Å². The normalized spacial score (nSPS) is 20.6. The second-order valence-corrected chi connectivity index (χ2v) is 6.13. The van der Waals surface area contributed by atoms with E-state index in [2.05, 4.69) is 37.3 Å². The van der Waals surface area contributed by atoms with Gasteiger partial charge < -0.3 is 5.11 Å². The highest BCUT2D eigenvalue weighted by atomic mass is 16.3. The van der Waals surface area contributed by atoms with E-state index in [9.17, 15) is 5.11 Å². The summed E-state index contributed by atoms with van der Waals surface area (Å²) < 4.78 is 0. The molecule has 0 saturated heterocycles. The largest absolute Gasteiger partial charge is 0.386 e. The van der Waals surface area contributed by atoms with Gasteiger partial charge in [-0.15, -0.1) is 0 Å². The lowest BCUT2D eigenvalue weighted by Crippen LogP contribution is -2.15. The molecule has 2 rings (SSSR count). The van der Waals surface area contributed by atoms with E-state index in [-0.39, 0.29) is 0 Å². The molecule has 0 aromatic heterocycles. The number of benzene rings is 1. The molecule has 0 heterocycles. The van der Waals surface area contributed by atoms with E-state index in [1.54, 1.807) is 13.8 Å². The van der Waals surface area contributed by atoms with Crippen molar-refractivity contribution in [2.45, 2.75) is 45.6 Å². The molecular formula is C18H24O. The second kappa shape index (κ2) is 5.75. The highest BCUT2D eigenvalue weighted by Gasteiger charge is 2.18. The van der Waals surface area contributed by atoms with Gasteiger partial charge in [-0.3, -0.25) is 0 Å². The maximum absolute atomic E-state index is 9.65. The van der Waals surface area contributed by atoms with Gasteiger partial charge in [0.15, 0.2) is 0 Å². The smallest absolute Gasteiger partial charge is 0.0774 e. The fourth-order valence-electron chi connectivity index (χ4n) is 2.66. The molecule has 102 valence electrons. The summed E-state index contributed by atoms with van der Waals surface area (Å²) in [5.41, 5.74) is 3.70. The quantitative estimate of drug-likeness (QED) is 0.808. The number of aryl methyl sites for hydroxylation is 1. The van der Waals surface area contributed by atoms with Crippen molar-refractivity contribution in [2.24, 2.45) is 5.92 Å². The van der Waals surface area contributed by atoms with E-state index < -0.39 is 5.60 Å². The van der Waals surface area contributed by atoms with Crippen molar-refractivity contribution in [1.29, 1.82) is 0 Å². The molecule has 1 N–H and O–H groups in total. The maximum Gasteiger partial charge on any atom is 0.0774 e. The minimum absolute atomic E-state index is 0.640. The lowest BCUT2D eigenvalue weighted by Gasteiger charge is -2.25. The Bertz CT molecular complexity index is 489. The molecule has 1 aliphatic rings. The fraction of sp³-hybridized carbons (Fsp3) is 0.444. The van der Waals surface area contributed by atoms with Crippen LogP contribution in [-0.2, 0) is 12.8 Å². The zero-order chi connectivity index (χ0) is 13.9. The van der Waals surface area contributed by atoms with Gasteiger partial charge in [-0.25, -0.2) is 0 Å². The van der Waals surface area contributed by atoms with Crippen molar-refractivity contribution < 1.29 is 5.11 Å². The summed E-state index contributed by atoms with van der Waals surface area (Å²) in [6, 6.07) is 8.77. The molecule has 0 fully saturated rings. The highest BCUT2D eigenvalue weighted by molar-refractivity contribution is 5.32. The van der Waals surface area contributed by atoms with E-state index in [0.29, 0.717) is 5.92 Å². The average Bonchev–Trinajstić information content (AvgIpc) is 2.36. The van der Waals surface area contributed by atoms with E-state index in [0.717, 1.165) is 6.42 Å². The van der Waals surface area contributed by atoms with Gasteiger partial charge in [0.05, 0.1) is 5.60 Å². The SMILES string of the molecule is C/C(=C\C=C\C(C)(C)O)C1CCc2ccccc2C1. The maximum atomic E-state index is 9.65. The van der Waals surface area contributed by atoms with E-state index >= 15 is 0 Å². The Kier molecular flexibility index (Phi) is 4.26. The van der Waals surface area contributed by atoms with Crippen LogP contribution in [0.1, 0.15) is 38.3 Å². The predicted molar refractivity (Wildman–Crippen MR) is 81.2 cm³/mol. The zero-order valence-corrected chi connectivity index (χ0v) is 12.2. The van der Waals surface area contributed by atoms with Crippen molar-refractivity contribution in [3.05, 3.63) is 59.2 Å². The lowest BCUT2D eigenvalue weighted by molar-refractivity contribution is 0.133. The van der Waals surface area contributed by atoms with Crippen LogP contribution in [0.2, 0.25) is 0 Å². The van der Waals surface area contributed by atoms with Crippen LogP contribution in [0.5, 0.6) is 0 Å². The number of rotatable bonds is 3. The third kappa shape index (κ3) is 4.07. The molecule has 0 radical (unpaired) electrons. The first-order chi connectivity index (χ1) is 8.96. The first-order valence-corrected chi connectivity index (χ1v) is 7.11. The second-order valence-electron chi connectivity index (χ2n) is 6.13. The van der Waals surface area contributed by atoms with E-state index in [1.165, 1.54) is 29.5 Å². The lowest BCUT2D eigenvalue weighted by atomic mass is 9.80. The zero-order valence-electron chi connectivity index (χ0n) is 12.2. The minimum atomic E-state index is -0.726. The summed E-state index contributed by atoms with van der Waals surface area (Å²) in [5, 5.41) is 9.65. The summed E-state index contributed by atoms with van der Waals surface area (Å²) in [5.74, 6) is 0.640. The van der Waals surface area contributed by atoms with Crippen LogP contribution in [0.3, 0.4) is 0 Å². The van der Waals surface area contributed by atoms with Crippen molar-refractivity contribution in [2.75, 3.05) is 0 Å². The topological polar surface area (TPSA) is 20.2 Å². The molecule has 1 unspecified atom stereocenters. The number of hydrogen-bond donors (Lipinski definition) is 1. The first-order valence-electron chi connectivity index (χ1n) is 7.11. The third-order valence-electron chi connectivity index (χ3n) is 3.85. The van der Waals surface area contributed by atoms with Crippen LogP contribution in [-0.4, -0.2) is 10.7 Å². The summed E-state index contributed by atoms with van der Waals surface area (Å²) in [6.45, 7) is 5.79. The number of fused-ring (bicyclic) bond motifs is 1. The number of aliphatic hydroxyl groups is 1. The van der Waals surface area contributed by atoms with Crippen LogP contribution < -0.4 is 0 Å². The molecule has 0 saturated carbocycles. The van der Waals surface area contributed by atoms with Crippen LogP contribution in [0.15, 0.2) is 48.1 Å². The summed E-state index contributed by atoms with van der Waals surface area (Å²) in [4.78, 5) is 0. The van der Waals surface area contributed by atoms with Crippen molar-refractivity contribution in [1.82, 2.24) is 0 Å². The molecular weight excluding hydrogens is 232 g/mol. The Hall–Kier alpha value is -1.34. The highest BCUT2D eigenvalue weighted by Crippen LogP contribution is 2.29. The summed E-state index contributed by atoms with van der Waals surface area (Å²) in [7, 11) is 0. The molecule has 1 nitrogen and oxygen atoms in total. The molecule has 0 bridgehead atoms. The van der Waals surface area contributed by atoms with Gasteiger partial charge in [-0.2, -0.15) is 0 Å². The van der Waals surface area contributed by atoms with Crippen molar-refractivity contribution >= 4 is 0 Å². The number of hydrogen-bond acceptors (Lipinski definition) is 1. The fourth-order valence-corrected chi connectivity index (χ4v) is 2.66. The monoisotopic (exact) mass is 256 g/mol. The first kappa shape index (κ1) is 14.1. The Labute approximate surface area is 116 Å². The van der Waals surface area contributed by atoms with Crippen LogP contribution in [0.4, 0.5) is 0 Å². The van der Waals surface area contributed by atoms with Crippen LogP contribution in [0.25, 0.3) is 0 Å². The molecule has 1 heteroatoms. The molecule has 1 aliphatic carbocycles. The number of allylic oxidation sites excluding steroid dienone is 3. The Morgan fingerprint density at radius 2 is 1.95 bits per heavy atom. The summed E-state index contributed by atoms with van der Waals surface area (Å²) >= 11 is 0. The van der Waals surface area contributed by atoms with Gasteiger partial charge in [-0.05, 0) is 57.1 Å². The molecule has 0 spiro atoms. The van der Waals surface area contributed by atoms with Gasteiger partial charge in [0, 0.05) is 0 Å². The summed E-state index contributed by atoms with van der Waals surface area (Å²) in [6.07, 6.45) is 9.53. The van der Waals surface area contributed by atoms with Crippen LogP contribution in [0, 0.1) is 5.92 Å². The molecule has 1 aromatic rings. The predicted octanol–water partition coefficient (Wildman–Crippen LogP) is 4.06. The Morgan fingerprint density at radius 3 is 2.63 bits per heavy atom. The van der Waals surface area contributed by atoms with Crippen molar-refractivity contribution in [3.63, 3.8) is 0 Å². The van der Waals surface area contributed by atoms with Crippen LogP contribution >= 0.6 is 0 Å². The van der Waals surface area contributed by atoms with E-state index in [4.69, 9.17) is 0 Å². The molecule has 19 heavy (non-hydrogen) atoms.